The Hall–Kier alpha value is -7.24. The van der Waals surface area contributed by atoms with Crippen LogP contribution in [0.25, 0.3) is 76.5 Å². The van der Waals surface area contributed by atoms with Crippen LogP contribution in [0.5, 0.6) is 0 Å². The van der Waals surface area contributed by atoms with Gasteiger partial charge in [-0.15, -0.1) is 0 Å². The maximum Gasteiger partial charge on any atom is 0.207 e. The van der Waals surface area contributed by atoms with Crippen LogP contribution >= 0.6 is 0 Å². The fourth-order valence-electron chi connectivity index (χ4n) is 7.58. The van der Waals surface area contributed by atoms with Crippen molar-refractivity contribution in [3.05, 3.63) is 181 Å². The first-order valence-electron chi connectivity index (χ1n) is 17.6. The van der Waals surface area contributed by atoms with Crippen molar-refractivity contribution in [3.8, 4) is 22.5 Å². The number of hydrogen-bond donors (Lipinski definition) is 2. The predicted molar refractivity (Wildman–Crippen MR) is 213 cm³/mol. The summed E-state index contributed by atoms with van der Waals surface area (Å²) in [5.74, 6) is -0.611. The molecule has 10 rings (SSSR count). The van der Waals surface area contributed by atoms with Crippen molar-refractivity contribution in [2.45, 2.75) is 0 Å². The summed E-state index contributed by atoms with van der Waals surface area (Å²) < 4.78 is 6.66. The van der Waals surface area contributed by atoms with Gasteiger partial charge < -0.3 is 19.6 Å². The molecule has 0 amide bonds. The predicted octanol–water partition coefficient (Wildman–Crippen LogP) is 9.24. The van der Waals surface area contributed by atoms with E-state index in [1.165, 1.54) is 32.3 Å². The zero-order valence-electron chi connectivity index (χ0n) is 28.4. The van der Waals surface area contributed by atoms with Crippen molar-refractivity contribution >= 4 is 77.1 Å². The number of rotatable bonds is 5. The van der Waals surface area contributed by atoms with Gasteiger partial charge in [-0.05, 0) is 109 Å². The summed E-state index contributed by atoms with van der Waals surface area (Å²) in [6, 6.07) is 57.2. The molecule has 250 valence electrons. The first-order valence-corrected chi connectivity index (χ1v) is 17.6. The standard InChI is InChI=1S/C48H30N2O3/c51-48(52)42-12-6-5-11-41(42)47-43-19-17-39(49-37-15-13-33-21-29-7-1-3-9-31(29)23-35(33)25-37)27-45(43)53-46-28-40(18-20-44(46)47)50-38-16-14-34-22-30-8-2-4-10-32(30)24-36(34)26-38/h1-28,49H,(H,51,52). The first kappa shape index (κ1) is 30.6. The third kappa shape index (κ3) is 5.52. The number of carbonyl (C=O) groups is 1. The Balaban J connectivity index is 1.11. The first-order chi connectivity index (χ1) is 26.0. The number of fused-ring (bicyclic) bond motifs is 6. The molecule has 5 heteroatoms. The molecule has 0 saturated heterocycles. The highest BCUT2D eigenvalue weighted by atomic mass is 16.4. The second-order valence-corrected chi connectivity index (χ2v) is 13.5. The van der Waals surface area contributed by atoms with Crippen LogP contribution in [0.2, 0.25) is 0 Å². The Bertz CT molecular complexity index is 3140. The van der Waals surface area contributed by atoms with Crippen molar-refractivity contribution in [2.24, 2.45) is 0 Å². The summed E-state index contributed by atoms with van der Waals surface area (Å²) in [7, 11) is 0. The molecule has 1 aliphatic heterocycles. The van der Waals surface area contributed by atoms with Gasteiger partial charge in [-0.25, -0.2) is 4.99 Å². The zero-order chi connectivity index (χ0) is 35.5. The average Bonchev–Trinajstić information content (AvgIpc) is 3.18. The van der Waals surface area contributed by atoms with Crippen molar-refractivity contribution < 1.29 is 19.3 Å². The average molecular weight is 683 g/mol. The molecule has 8 aromatic carbocycles. The lowest BCUT2D eigenvalue weighted by Crippen LogP contribution is -2.70. The number of benzene rings is 9. The summed E-state index contributed by atoms with van der Waals surface area (Å²) in [4.78, 5) is 15.9. The molecule has 2 N–H and O–H groups in total. The summed E-state index contributed by atoms with van der Waals surface area (Å²) >= 11 is 0. The molecule has 0 aromatic heterocycles. The molecule has 1 aliphatic carbocycles. The summed E-state index contributed by atoms with van der Waals surface area (Å²) in [6.07, 6.45) is 0. The Morgan fingerprint density at radius 2 is 1.09 bits per heavy atom. The van der Waals surface area contributed by atoms with Crippen LogP contribution in [-0.2, 0) is 0 Å². The SMILES string of the molecule is O=C([O-])c1ccccc1-c1c2ccc(=[NH+]c3ccc4cc5ccccc5cc4c3)cc-2oc2cc(Nc3ccc4cc5ccccc5cc4c3)ccc12. The van der Waals surface area contributed by atoms with Crippen molar-refractivity contribution in [3.63, 3.8) is 0 Å². The van der Waals surface area contributed by atoms with E-state index in [0.717, 1.165) is 49.7 Å². The second-order valence-electron chi connectivity index (χ2n) is 13.5. The lowest BCUT2D eigenvalue weighted by Gasteiger charge is -2.18. The molecule has 0 atom stereocenters. The highest BCUT2D eigenvalue weighted by Crippen LogP contribution is 2.42. The van der Waals surface area contributed by atoms with E-state index in [1.54, 1.807) is 12.1 Å². The van der Waals surface area contributed by atoms with Gasteiger partial charge >= 0.3 is 0 Å². The van der Waals surface area contributed by atoms with Gasteiger partial charge in [-0.3, -0.25) is 0 Å². The largest absolute Gasteiger partial charge is 0.545 e. The molecule has 53 heavy (non-hydrogen) atoms. The second kappa shape index (κ2) is 12.2. The van der Waals surface area contributed by atoms with Crippen LogP contribution in [-0.4, -0.2) is 5.97 Å². The van der Waals surface area contributed by atoms with Gasteiger partial charge in [0.15, 0.2) is 0 Å². The van der Waals surface area contributed by atoms with E-state index in [1.807, 2.05) is 48.5 Å². The number of anilines is 2. The molecule has 0 saturated carbocycles. The van der Waals surface area contributed by atoms with Crippen LogP contribution < -0.4 is 20.8 Å². The molecule has 0 bridgehead atoms. The van der Waals surface area contributed by atoms with Crippen molar-refractivity contribution in [2.75, 3.05) is 5.32 Å². The third-order valence-corrected chi connectivity index (χ3v) is 10.1. The Morgan fingerprint density at radius 3 is 1.81 bits per heavy atom. The number of nitrogens with one attached hydrogen (secondary N) is 2. The lowest BCUT2D eigenvalue weighted by atomic mass is 9.90. The minimum absolute atomic E-state index is 0.123. The van der Waals surface area contributed by atoms with E-state index in [-0.39, 0.29) is 5.56 Å². The molecule has 1 heterocycles. The highest BCUT2D eigenvalue weighted by molar-refractivity contribution is 6.08. The minimum Gasteiger partial charge on any atom is -0.545 e. The van der Waals surface area contributed by atoms with Crippen LogP contribution in [0, 0.1) is 0 Å². The fourth-order valence-corrected chi connectivity index (χ4v) is 7.58. The lowest BCUT2D eigenvalue weighted by molar-refractivity contribution is -0.402. The normalized spacial score (nSPS) is 12.0. The Kier molecular flexibility index (Phi) is 7.05. The molecule has 5 nitrogen and oxygen atoms in total. The van der Waals surface area contributed by atoms with Crippen molar-refractivity contribution in [1.82, 2.24) is 0 Å². The van der Waals surface area contributed by atoms with Gasteiger partial charge in [-0.2, -0.15) is 0 Å². The maximum atomic E-state index is 12.4. The van der Waals surface area contributed by atoms with E-state index in [4.69, 9.17) is 4.42 Å². The van der Waals surface area contributed by atoms with Crippen LogP contribution in [0.15, 0.2) is 174 Å². The summed E-state index contributed by atoms with van der Waals surface area (Å²) in [5.41, 5.74) is 5.63. The van der Waals surface area contributed by atoms with Crippen LogP contribution in [0.3, 0.4) is 0 Å². The number of hydrogen-bond acceptors (Lipinski definition) is 4. The van der Waals surface area contributed by atoms with Gasteiger partial charge in [0.05, 0.1) is 12.0 Å². The number of carboxylic acids is 1. The van der Waals surface area contributed by atoms with Gasteiger partial charge in [0, 0.05) is 57.7 Å². The summed E-state index contributed by atoms with van der Waals surface area (Å²) in [6.45, 7) is 0. The van der Waals surface area contributed by atoms with E-state index >= 15 is 0 Å². The molecule has 0 radical (unpaired) electrons. The van der Waals surface area contributed by atoms with Crippen LogP contribution in [0.4, 0.5) is 17.1 Å². The molecule has 2 aliphatic rings. The number of carbonyl (C=O) groups excluding carboxylic acids is 1. The van der Waals surface area contributed by atoms with Crippen molar-refractivity contribution in [1.29, 1.82) is 0 Å². The smallest absolute Gasteiger partial charge is 0.207 e. The zero-order valence-corrected chi connectivity index (χ0v) is 28.4. The van der Waals surface area contributed by atoms with E-state index in [2.05, 4.69) is 120 Å². The molecule has 0 fully saturated rings. The maximum absolute atomic E-state index is 12.4. The molecular formula is C48H30N2O3. The quantitative estimate of drug-likeness (QED) is 0.178. The van der Waals surface area contributed by atoms with Gasteiger partial charge in [0.25, 0.3) is 0 Å². The molecule has 0 unspecified atom stereocenters. The van der Waals surface area contributed by atoms with Gasteiger partial charge in [0.1, 0.15) is 11.3 Å². The highest BCUT2D eigenvalue weighted by Gasteiger charge is 2.20. The fraction of sp³-hybridized carbons (Fsp3) is 0. The van der Waals surface area contributed by atoms with E-state index in [9.17, 15) is 9.90 Å². The molecular weight excluding hydrogens is 653 g/mol. The Labute approximate surface area is 304 Å². The van der Waals surface area contributed by atoms with Crippen LogP contribution in [0.1, 0.15) is 10.4 Å². The molecule has 8 aromatic rings. The number of carboxylic acid groups (broad SMARTS) is 1. The number of aromatic carboxylic acids is 1. The van der Waals surface area contributed by atoms with E-state index in [0.29, 0.717) is 16.9 Å². The van der Waals surface area contributed by atoms with Gasteiger partial charge in [0.2, 0.25) is 11.0 Å². The van der Waals surface area contributed by atoms with Gasteiger partial charge in [-0.1, -0.05) is 78.9 Å². The monoisotopic (exact) mass is 682 g/mol. The topological polar surface area (TPSA) is 79.3 Å². The third-order valence-electron chi connectivity index (χ3n) is 10.1. The summed E-state index contributed by atoms with van der Waals surface area (Å²) in [5, 5.41) is 27.0. The van der Waals surface area contributed by atoms with E-state index < -0.39 is 5.97 Å². The molecule has 0 spiro atoms. The minimum atomic E-state index is -1.23. The Morgan fingerprint density at radius 1 is 0.509 bits per heavy atom.